The zero-order valence-electron chi connectivity index (χ0n) is 16.1. The molecule has 122 valence electrons. The van der Waals surface area contributed by atoms with E-state index in [-0.39, 0.29) is 11.5 Å². The molecule has 3 aliphatic rings. The van der Waals surface area contributed by atoms with E-state index in [9.17, 15) is 0 Å². The first-order chi connectivity index (χ1) is 12.1. The van der Waals surface area contributed by atoms with Crippen molar-refractivity contribution >= 4 is 27.5 Å². The number of fused-ring (bicyclic) bond motifs is 3. The number of hydrogen-bond acceptors (Lipinski definition) is 4. The molecule has 2 aliphatic carbocycles. The Bertz CT molecular complexity index is 792. The fraction of sp³-hybridized carbons (Fsp3) is 0.556. The molecule has 0 aromatic heterocycles. The molecule has 2 N–H and O–H groups in total. The Morgan fingerprint density at radius 1 is 1.35 bits per heavy atom. The predicted octanol–water partition coefficient (Wildman–Crippen LogP) is 3.57. The zero-order chi connectivity index (χ0) is 18.7. The van der Waals surface area contributed by atoms with Gasteiger partial charge in [-0.2, -0.15) is 0 Å². The number of methoxy groups -OCH3 is 1. The zero-order valence-corrected chi connectivity index (χ0v) is 14.7. The lowest BCUT2D eigenvalue weighted by molar-refractivity contribution is -0.000382. The Labute approximate surface area is 149 Å². The Morgan fingerprint density at radius 2 is 2.13 bits per heavy atom. The highest BCUT2D eigenvalue weighted by molar-refractivity contribution is 9.10. The maximum atomic E-state index is 7.36. The van der Waals surface area contributed by atoms with Gasteiger partial charge >= 0.3 is 0 Å². The van der Waals surface area contributed by atoms with E-state index in [1.807, 2.05) is 13.0 Å². The van der Waals surface area contributed by atoms with Crippen LogP contribution >= 0.6 is 15.9 Å². The lowest BCUT2D eigenvalue weighted by Crippen LogP contribution is -2.43. The summed E-state index contributed by atoms with van der Waals surface area (Å²) in [5.41, 5.74) is 8.41. The van der Waals surface area contributed by atoms with Crippen LogP contribution in [-0.2, 0) is 16.8 Å². The highest BCUT2D eigenvalue weighted by Crippen LogP contribution is 2.61. The summed E-state index contributed by atoms with van der Waals surface area (Å²) < 4.78 is 28.3. The Hall–Kier alpha value is -1.20. The standard InChI is InChI=1S/C18H22BrN3O/c1-11-16(20)22-18(21-11)15-9-13(19)4-3-12(15)10-17(18)7-5-14(23-2)6-8-17/h3-4,9,14H,5-8,10H2,1-2H3,(H2,20,22)/t14-,17-,18?/i2D3. The summed E-state index contributed by atoms with van der Waals surface area (Å²) in [4.78, 5) is 9.85. The molecule has 1 aromatic carbocycles. The number of rotatable bonds is 1. The Morgan fingerprint density at radius 3 is 2.78 bits per heavy atom. The summed E-state index contributed by atoms with van der Waals surface area (Å²) in [5, 5.41) is 0. The van der Waals surface area contributed by atoms with Crippen LogP contribution in [0.3, 0.4) is 0 Å². The van der Waals surface area contributed by atoms with Crippen molar-refractivity contribution in [3.05, 3.63) is 33.8 Å². The molecule has 1 aromatic rings. The molecule has 1 saturated carbocycles. The third kappa shape index (κ3) is 2.06. The maximum absolute atomic E-state index is 7.36. The molecule has 0 amide bonds. The van der Waals surface area contributed by atoms with Gasteiger partial charge < -0.3 is 10.5 Å². The highest BCUT2D eigenvalue weighted by atomic mass is 79.9. The average Bonchev–Trinajstić information content (AvgIpc) is 2.98. The van der Waals surface area contributed by atoms with Crippen LogP contribution in [0.2, 0.25) is 0 Å². The van der Waals surface area contributed by atoms with E-state index in [1.165, 1.54) is 5.56 Å². The Balaban J connectivity index is 1.72. The number of aliphatic imine (C=N–C) groups is 2. The second-order valence-corrected chi connectivity index (χ2v) is 7.86. The molecule has 1 aliphatic heterocycles. The summed E-state index contributed by atoms with van der Waals surface area (Å²) >= 11 is 3.57. The number of benzene rings is 1. The van der Waals surface area contributed by atoms with Crippen molar-refractivity contribution < 1.29 is 8.85 Å². The van der Waals surface area contributed by atoms with Crippen LogP contribution in [0.1, 0.15) is 47.8 Å². The topological polar surface area (TPSA) is 60.0 Å². The third-order valence-electron chi connectivity index (χ3n) is 5.75. The van der Waals surface area contributed by atoms with Gasteiger partial charge in [-0.25, -0.2) is 4.99 Å². The quantitative estimate of drug-likeness (QED) is 0.811. The fourth-order valence-corrected chi connectivity index (χ4v) is 4.89. The van der Waals surface area contributed by atoms with E-state index in [0.717, 1.165) is 35.0 Å². The van der Waals surface area contributed by atoms with Crippen LogP contribution in [0, 0.1) is 5.41 Å². The summed E-state index contributed by atoms with van der Waals surface area (Å²) in [6.07, 6.45) is 3.65. The van der Waals surface area contributed by atoms with E-state index in [0.29, 0.717) is 18.7 Å². The highest BCUT2D eigenvalue weighted by Gasteiger charge is 2.60. The Kier molecular flexibility index (Phi) is 2.73. The summed E-state index contributed by atoms with van der Waals surface area (Å²) in [7, 11) is -2.35. The second-order valence-electron chi connectivity index (χ2n) is 6.94. The van der Waals surface area contributed by atoms with Crippen molar-refractivity contribution in [2.75, 3.05) is 7.04 Å². The van der Waals surface area contributed by atoms with Gasteiger partial charge in [0.05, 0.1) is 15.9 Å². The molecule has 1 atom stereocenters. The van der Waals surface area contributed by atoms with Crippen LogP contribution in [0.15, 0.2) is 32.7 Å². The molecule has 4 nitrogen and oxygen atoms in total. The largest absolute Gasteiger partial charge is 0.382 e. The van der Waals surface area contributed by atoms with Gasteiger partial charge in [0.15, 0.2) is 5.66 Å². The number of ether oxygens (including phenoxy) is 1. The van der Waals surface area contributed by atoms with Crippen molar-refractivity contribution in [3.63, 3.8) is 0 Å². The first kappa shape index (κ1) is 12.2. The molecule has 23 heavy (non-hydrogen) atoms. The predicted molar refractivity (Wildman–Crippen MR) is 96.0 cm³/mol. The van der Waals surface area contributed by atoms with E-state index >= 15 is 0 Å². The van der Waals surface area contributed by atoms with Crippen LogP contribution in [0.5, 0.6) is 0 Å². The van der Waals surface area contributed by atoms with Crippen molar-refractivity contribution in [2.24, 2.45) is 21.1 Å². The number of amidine groups is 1. The molecule has 5 heteroatoms. The number of halogens is 1. The minimum atomic E-state index is -2.35. The monoisotopic (exact) mass is 378 g/mol. The fourth-order valence-electron chi connectivity index (χ4n) is 4.53. The van der Waals surface area contributed by atoms with Crippen LogP contribution in [0.25, 0.3) is 0 Å². The molecule has 0 radical (unpaired) electrons. The van der Waals surface area contributed by atoms with Crippen molar-refractivity contribution in [1.82, 2.24) is 0 Å². The molecular weight excluding hydrogens is 354 g/mol. The van der Waals surface area contributed by atoms with Gasteiger partial charge in [-0.1, -0.05) is 22.0 Å². The van der Waals surface area contributed by atoms with Crippen molar-refractivity contribution in [1.29, 1.82) is 0 Å². The SMILES string of the molecule is [2H]C([2H])([2H])O[C@H]1CC[C@]2(CC1)Cc1ccc(Br)cc1C21N=C(C)C(N)=N1. The molecule has 0 saturated heterocycles. The first-order valence-corrected chi connectivity index (χ1v) is 8.82. The first-order valence-electron chi connectivity index (χ1n) is 9.53. The molecular formula is C18H22BrN3O. The molecule has 1 fully saturated rings. The van der Waals surface area contributed by atoms with E-state index < -0.39 is 12.7 Å². The number of nitrogens with two attached hydrogens (primary N) is 1. The van der Waals surface area contributed by atoms with Gasteiger partial charge in [-0.05, 0) is 56.7 Å². The molecule has 4 rings (SSSR count). The van der Waals surface area contributed by atoms with Gasteiger partial charge in [0, 0.05) is 22.5 Å². The molecule has 1 heterocycles. The molecule has 0 bridgehead atoms. The number of hydrogen-bond donors (Lipinski definition) is 1. The van der Waals surface area contributed by atoms with Gasteiger partial charge in [0.25, 0.3) is 0 Å². The summed E-state index contributed by atoms with van der Waals surface area (Å²) in [6, 6.07) is 6.29. The van der Waals surface area contributed by atoms with E-state index in [1.54, 1.807) is 0 Å². The lowest BCUT2D eigenvalue weighted by Gasteiger charge is -2.44. The minimum Gasteiger partial charge on any atom is -0.382 e. The van der Waals surface area contributed by atoms with Crippen LogP contribution in [-0.4, -0.2) is 24.7 Å². The molecule has 1 unspecified atom stereocenters. The summed E-state index contributed by atoms with van der Waals surface area (Å²) in [6.45, 7) is 1.90. The van der Waals surface area contributed by atoms with Gasteiger partial charge in [0.2, 0.25) is 0 Å². The van der Waals surface area contributed by atoms with Crippen molar-refractivity contribution in [3.8, 4) is 0 Å². The third-order valence-corrected chi connectivity index (χ3v) is 6.25. The van der Waals surface area contributed by atoms with Gasteiger partial charge in [-0.3, -0.25) is 4.99 Å². The van der Waals surface area contributed by atoms with Gasteiger partial charge in [-0.15, -0.1) is 0 Å². The van der Waals surface area contributed by atoms with Gasteiger partial charge in [0.1, 0.15) is 5.84 Å². The lowest BCUT2D eigenvalue weighted by atomic mass is 9.65. The summed E-state index contributed by atoms with van der Waals surface area (Å²) in [5.74, 6) is 0.498. The van der Waals surface area contributed by atoms with Crippen molar-refractivity contribution in [2.45, 2.75) is 50.8 Å². The van der Waals surface area contributed by atoms with Crippen LogP contribution < -0.4 is 5.73 Å². The maximum Gasteiger partial charge on any atom is 0.184 e. The average molecular weight is 379 g/mol. The molecule has 2 spiro atoms. The number of nitrogens with zero attached hydrogens (tertiary/aromatic N) is 2. The normalized spacial score (nSPS) is 38.0. The van der Waals surface area contributed by atoms with E-state index in [2.05, 4.69) is 28.1 Å². The van der Waals surface area contributed by atoms with E-state index in [4.69, 9.17) is 24.6 Å². The smallest absolute Gasteiger partial charge is 0.184 e. The van der Waals surface area contributed by atoms with Crippen LogP contribution in [0.4, 0.5) is 0 Å². The minimum absolute atomic E-state index is 0.174. The second kappa shape index (κ2) is 5.15.